The van der Waals surface area contributed by atoms with E-state index in [1.165, 1.54) is 11.2 Å². The van der Waals surface area contributed by atoms with Crippen LogP contribution in [0.3, 0.4) is 0 Å². The van der Waals surface area contributed by atoms with Crippen molar-refractivity contribution in [1.82, 2.24) is 14.5 Å². The smallest absolute Gasteiger partial charge is 0.305 e. The zero-order valence-electron chi connectivity index (χ0n) is 8.67. The van der Waals surface area contributed by atoms with Gasteiger partial charge in [0.25, 0.3) is 5.91 Å². The predicted octanol–water partition coefficient (Wildman–Crippen LogP) is -0.0332. The van der Waals surface area contributed by atoms with Crippen LogP contribution < -0.4 is 0 Å². The van der Waals surface area contributed by atoms with Crippen molar-refractivity contribution >= 4 is 11.9 Å². The van der Waals surface area contributed by atoms with Crippen LogP contribution in [0.1, 0.15) is 16.9 Å². The molecular formula is C9H13N3O3. The van der Waals surface area contributed by atoms with Crippen LogP contribution >= 0.6 is 0 Å². The molecule has 0 aliphatic heterocycles. The zero-order valence-corrected chi connectivity index (χ0v) is 8.67. The quantitative estimate of drug-likeness (QED) is 0.758. The Labute approximate surface area is 87.1 Å². The first kappa shape index (κ1) is 11.2. The van der Waals surface area contributed by atoms with E-state index in [9.17, 15) is 9.59 Å². The molecule has 0 fully saturated rings. The molecule has 0 unspecified atom stereocenters. The van der Waals surface area contributed by atoms with Crippen molar-refractivity contribution in [3.63, 3.8) is 0 Å². The molecule has 1 heterocycles. The highest BCUT2D eigenvalue weighted by Gasteiger charge is 2.14. The van der Waals surface area contributed by atoms with E-state index in [-0.39, 0.29) is 18.9 Å². The number of hydrogen-bond acceptors (Lipinski definition) is 3. The van der Waals surface area contributed by atoms with Gasteiger partial charge in [-0.2, -0.15) is 0 Å². The Morgan fingerprint density at radius 3 is 2.73 bits per heavy atom. The summed E-state index contributed by atoms with van der Waals surface area (Å²) in [6.07, 6.45) is 3.06. The second-order valence-electron chi connectivity index (χ2n) is 3.29. The maximum Gasteiger partial charge on any atom is 0.305 e. The Hall–Kier alpha value is -1.85. The summed E-state index contributed by atoms with van der Waals surface area (Å²) in [6.45, 7) is 0.185. The fraction of sp³-hybridized carbons (Fsp3) is 0.444. The van der Waals surface area contributed by atoms with Gasteiger partial charge in [0.1, 0.15) is 5.69 Å². The molecule has 0 bridgehead atoms. The van der Waals surface area contributed by atoms with E-state index in [2.05, 4.69) is 4.98 Å². The summed E-state index contributed by atoms with van der Waals surface area (Å²) in [6, 6.07) is 0. The van der Waals surface area contributed by atoms with Crippen LogP contribution in [0.2, 0.25) is 0 Å². The number of nitrogens with zero attached hydrogens (tertiary/aromatic N) is 3. The van der Waals surface area contributed by atoms with Gasteiger partial charge in [-0.25, -0.2) is 4.98 Å². The van der Waals surface area contributed by atoms with E-state index in [0.29, 0.717) is 5.69 Å². The van der Waals surface area contributed by atoms with Crippen molar-refractivity contribution < 1.29 is 14.7 Å². The molecule has 0 saturated heterocycles. The van der Waals surface area contributed by atoms with Crippen LogP contribution in [-0.4, -0.2) is 45.0 Å². The molecule has 1 aromatic rings. The highest BCUT2D eigenvalue weighted by molar-refractivity contribution is 5.92. The number of carboxylic acids is 1. The number of aliphatic carboxylic acids is 1. The number of aromatic nitrogens is 2. The SMILES string of the molecule is CN(CCC(=O)O)C(=O)c1cn(C)cn1. The first-order chi connectivity index (χ1) is 7.00. The molecule has 82 valence electrons. The second kappa shape index (κ2) is 4.59. The van der Waals surface area contributed by atoms with Gasteiger partial charge >= 0.3 is 5.97 Å². The molecule has 0 spiro atoms. The standard InChI is InChI=1S/C9H13N3O3/c1-11-5-7(10-6-11)9(15)12(2)4-3-8(13)14/h5-6H,3-4H2,1-2H3,(H,13,14). The fourth-order valence-corrected chi connectivity index (χ4v) is 1.08. The summed E-state index contributed by atoms with van der Waals surface area (Å²) < 4.78 is 1.66. The maximum atomic E-state index is 11.6. The van der Waals surface area contributed by atoms with Gasteiger partial charge in [-0.3, -0.25) is 9.59 Å². The molecule has 15 heavy (non-hydrogen) atoms. The molecule has 0 aliphatic carbocycles. The minimum Gasteiger partial charge on any atom is -0.481 e. The van der Waals surface area contributed by atoms with Gasteiger partial charge in [0.05, 0.1) is 12.7 Å². The Morgan fingerprint density at radius 1 is 1.60 bits per heavy atom. The van der Waals surface area contributed by atoms with Crippen LogP contribution in [0.4, 0.5) is 0 Å². The summed E-state index contributed by atoms with van der Waals surface area (Å²) in [5, 5.41) is 8.46. The molecular weight excluding hydrogens is 198 g/mol. The van der Waals surface area contributed by atoms with Crippen molar-refractivity contribution in [2.45, 2.75) is 6.42 Å². The number of imidazole rings is 1. The Kier molecular flexibility index (Phi) is 3.43. The van der Waals surface area contributed by atoms with Crippen molar-refractivity contribution in [3.05, 3.63) is 18.2 Å². The van der Waals surface area contributed by atoms with E-state index < -0.39 is 5.97 Å². The summed E-state index contributed by atoms with van der Waals surface area (Å²) in [7, 11) is 3.32. The molecule has 0 saturated carbocycles. The molecule has 0 atom stereocenters. The molecule has 1 amide bonds. The van der Waals surface area contributed by atoms with Gasteiger partial charge in [0, 0.05) is 26.8 Å². The van der Waals surface area contributed by atoms with Crippen LogP contribution in [-0.2, 0) is 11.8 Å². The molecule has 0 radical (unpaired) electrons. The normalized spacial score (nSPS) is 10.0. The number of carbonyl (C=O) groups is 2. The molecule has 6 nitrogen and oxygen atoms in total. The van der Waals surface area contributed by atoms with E-state index in [1.807, 2.05) is 0 Å². The van der Waals surface area contributed by atoms with Crippen LogP contribution in [0, 0.1) is 0 Å². The molecule has 1 rings (SSSR count). The van der Waals surface area contributed by atoms with E-state index >= 15 is 0 Å². The number of rotatable bonds is 4. The molecule has 0 aliphatic rings. The summed E-state index contributed by atoms with van der Waals surface area (Å²) in [5.74, 6) is -1.19. The average Bonchev–Trinajstić information content (AvgIpc) is 2.60. The van der Waals surface area contributed by atoms with E-state index in [4.69, 9.17) is 5.11 Å². The van der Waals surface area contributed by atoms with Crippen molar-refractivity contribution in [3.8, 4) is 0 Å². The molecule has 1 N–H and O–H groups in total. The van der Waals surface area contributed by atoms with Gasteiger partial charge in [-0.05, 0) is 0 Å². The van der Waals surface area contributed by atoms with E-state index in [1.54, 1.807) is 24.9 Å². The van der Waals surface area contributed by atoms with Gasteiger partial charge in [-0.1, -0.05) is 0 Å². The lowest BCUT2D eigenvalue weighted by Gasteiger charge is -2.13. The number of aryl methyl sites for hydroxylation is 1. The lowest BCUT2D eigenvalue weighted by molar-refractivity contribution is -0.137. The average molecular weight is 211 g/mol. The molecule has 1 aromatic heterocycles. The monoisotopic (exact) mass is 211 g/mol. The summed E-state index contributed by atoms with van der Waals surface area (Å²) >= 11 is 0. The first-order valence-electron chi connectivity index (χ1n) is 4.46. The number of amides is 1. The second-order valence-corrected chi connectivity index (χ2v) is 3.29. The van der Waals surface area contributed by atoms with Gasteiger partial charge in [0.15, 0.2) is 0 Å². The van der Waals surface area contributed by atoms with Crippen molar-refractivity contribution in [2.24, 2.45) is 7.05 Å². The highest BCUT2D eigenvalue weighted by Crippen LogP contribution is 2.00. The van der Waals surface area contributed by atoms with Crippen molar-refractivity contribution in [2.75, 3.05) is 13.6 Å². The number of carbonyl (C=O) groups excluding carboxylic acids is 1. The third-order valence-corrected chi connectivity index (χ3v) is 1.93. The number of hydrogen-bond donors (Lipinski definition) is 1. The Bertz CT molecular complexity index is 372. The summed E-state index contributed by atoms with van der Waals surface area (Å²) in [4.78, 5) is 27.2. The minimum atomic E-state index is -0.921. The zero-order chi connectivity index (χ0) is 11.4. The fourth-order valence-electron chi connectivity index (χ4n) is 1.08. The van der Waals surface area contributed by atoms with Gasteiger partial charge in [-0.15, -0.1) is 0 Å². The Balaban J connectivity index is 2.57. The lowest BCUT2D eigenvalue weighted by atomic mass is 10.3. The summed E-state index contributed by atoms with van der Waals surface area (Å²) in [5.41, 5.74) is 0.324. The van der Waals surface area contributed by atoms with Crippen LogP contribution in [0.5, 0.6) is 0 Å². The first-order valence-corrected chi connectivity index (χ1v) is 4.46. The Morgan fingerprint density at radius 2 is 2.27 bits per heavy atom. The highest BCUT2D eigenvalue weighted by atomic mass is 16.4. The largest absolute Gasteiger partial charge is 0.481 e. The third kappa shape index (κ3) is 3.08. The van der Waals surface area contributed by atoms with Crippen molar-refractivity contribution in [1.29, 1.82) is 0 Å². The van der Waals surface area contributed by atoms with Crippen LogP contribution in [0.15, 0.2) is 12.5 Å². The maximum absolute atomic E-state index is 11.6. The molecule has 6 heteroatoms. The minimum absolute atomic E-state index is 0.0604. The third-order valence-electron chi connectivity index (χ3n) is 1.93. The van der Waals surface area contributed by atoms with Gasteiger partial charge < -0.3 is 14.6 Å². The molecule has 0 aromatic carbocycles. The lowest BCUT2D eigenvalue weighted by Crippen LogP contribution is -2.29. The topological polar surface area (TPSA) is 75.4 Å². The predicted molar refractivity (Wildman–Crippen MR) is 52.4 cm³/mol. The van der Waals surface area contributed by atoms with E-state index in [0.717, 1.165) is 0 Å². The van der Waals surface area contributed by atoms with Crippen LogP contribution in [0.25, 0.3) is 0 Å². The van der Waals surface area contributed by atoms with Gasteiger partial charge in [0.2, 0.25) is 0 Å². The number of carboxylic acid groups (broad SMARTS) is 1.